The fourth-order valence-corrected chi connectivity index (χ4v) is 2.35. The lowest BCUT2D eigenvalue weighted by atomic mass is 9.98. The molecule has 2 nitrogen and oxygen atoms in total. The normalized spacial score (nSPS) is 12.1. The maximum absolute atomic E-state index is 11.4. The van der Waals surface area contributed by atoms with Gasteiger partial charge in [-0.25, -0.2) is 4.79 Å². The summed E-state index contributed by atoms with van der Waals surface area (Å²) in [5.74, 6) is 0.587. The molecule has 22 heavy (non-hydrogen) atoms. The molecule has 0 amide bonds. The van der Waals surface area contributed by atoms with E-state index in [-0.39, 0.29) is 5.63 Å². The molecule has 2 aromatic rings. The lowest BCUT2D eigenvalue weighted by Crippen LogP contribution is -1.98. The molecular weight excluding hydrogens is 272 g/mol. The summed E-state index contributed by atoms with van der Waals surface area (Å²) in [4.78, 5) is 11.4. The number of aryl methyl sites for hydroxylation is 2. The van der Waals surface area contributed by atoms with Gasteiger partial charge in [0.05, 0.1) is 0 Å². The first-order valence-electron chi connectivity index (χ1n) is 7.42. The molecule has 0 unspecified atom stereocenters. The second-order valence-electron chi connectivity index (χ2n) is 5.80. The summed E-state index contributed by atoms with van der Waals surface area (Å²) in [7, 11) is 0. The topological polar surface area (TPSA) is 30.2 Å². The van der Waals surface area contributed by atoms with Gasteiger partial charge in [0.25, 0.3) is 0 Å². The lowest BCUT2D eigenvalue weighted by Gasteiger charge is -2.07. The Balaban J connectivity index is 2.28. The van der Waals surface area contributed by atoms with Gasteiger partial charge in [0.2, 0.25) is 0 Å². The van der Waals surface area contributed by atoms with Crippen molar-refractivity contribution in [3.8, 4) is 0 Å². The Kier molecular flexibility index (Phi) is 4.81. The molecule has 0 N–H and O–H groups in total. The predicted octanol–water partition coefficient (Wildman–Crippen LogP) is 4.99. The van der Waals surface area contributed by atoms with Crippen LogP contribution >= 0.6 is 0 Å². The van der Waals surface area contributed by atoms with Crippen molar-refractivity contribution in [1.29, 1.82) is 0 Å². The van der Waals surface area contributed by atoms with Crippen LogP contribution in [0.5, 0.6) is 0 Å². The highest BCUT2D eigenvalue weighted by molar-refractivity contribution is 5.62. The number of hydrogen-bond acceptors (Lipinski definition) is 2. The fourth-order valence-electron chi connectivity index (χ4n) is 2.35. The minimum Gasteiger partial charge on any atom is -0.423 e. The van der Waals surface area contributed by atoms with Crippen molar-refractivity contribution in [1.82, 2.24) is 0 Å². The maximum atomic E-state index is 11.4. The van der Waals surface area contributed by atoms with Crippen LogP contribution in [0.2, 0.25) is 0 Å². The van der Waals surface area contributed by atoms with Crippen molar-refractivity contribution < 1.29 is 4.42 Å². The molecule has 114 valence electrons. The van der Waals surface area contributed by atoms with Gasteiger partial charge in [-0.05, 0) is 80.2 Å². The van der Waals surface area contributed by atoms with Gasteiger partial charge in [0.15, 0.2) is 0 Å². The van der Waals surface area contributed by atoms with Crippen LogP contribution in [0.15, 0.2) is 45.1 Å². The Hall–Kier alpha value is -2.35. The zero-order valence-electron chi connectivity index (χ0n) is 13.9. The zero-order valence-corrected chi connectivity index (χ0v) is 13.9. The van der Waals surface area contributed by atoms with Gasteiger partial charge >= 0.3 is 5.63 Å². The zero-order chi connectivity index (χ0) is 16.3. The first-order valence-corrected chi connectivity index (χ1v) is 7.42. The summed E-state index contributed by atoms with van der Waals surface area (Å²) in [5, 5.41) is 0. The van der Waals surface area contributed by atoms with Crippen LogP contribution < -0.4 is 5.63 Å². The molecule has 0 spiro atoms. The Morgan fingerprint density at radius 1 is 1.05 bits per heavy atom. The third-order valence-corrected chi connectivity index (χ3v) is 3.93. The molecule has 1 aromatic carbocycles. The Morgan fingerprint density at radius 2 is 1.77 bits per heavy atom. The molecule has 0 aliphatic rings. The van der Waals surface area contributed by atoms with E-state index in [2.05, 4.69) is 39.0 Å². The van der Waals surface area contributed by atoms with E-state index >= 15 is 0 Å². The van der Waals surface area contributed by atoms with Gasteiger partial charge in [-0.15, -0.1) is 0 Å². The van der Waals surface area contributed by atoms with E-state index < -0.39 is 0 Å². The summed E-state index contributed by atoms with van der Waals surface area (Å²) in [6.07, 6.45) is 6.02. The highest BCUT2D eigenvalue weighted by Gasteiger charge is 2.01. The SMILES string of the molecule is CC(/C=C\c1ccc(C)c(C)c1C)=C\c1cc(C)cc(=O)o1. The van der Waals surface area contributed by atoms with E-state index in [4.69, 9.17) is 4.42 Å². The highest BCUT2D eigenvalue weighted by atomic mass is 16.4. The second-order valence-corrected chi connectivity index (χ2v) is 5.80. The van der Waals surface area contributed by atoms with Crippen molar-refractivity contribution in [2.24, 2.45) is 0 Å². The number of benzene rings is 1. The molecule has 0 aliphatic carbocycles. The lowest BCUT2D eigenvalue weighted by molar-refractivity contribution is 0.499. The van der Waals surface area contributed by atoms with Crippen LogP contribution in [0, 0.1) is 27.7 Å². The van der Waals surface area contributed by atoms with Gasteiger partial charge in [-0.2, -0.15) is 0 Å². The van der Waals surface area contributed by atoms with Gasteiger partial charge in [0, 0.05) is 6.07 Å². The molecule has 0 atom stereocenters. The van der Waals surface area contributed by atoms with Gasteiger partial charge in [-0.3, -0.25) is 0 Å². The van der Waals surface area contributed by atoms with Gasteiger partial charge in [-0.1, -0.05) is 24.3 Å². The first-order chi connectivity index (χ1) is 10.4. The molecule has 1 heterocycles. The van der Waals surface area contributed by atoms with Crippen molar-refractivity contribution in [3.63, 3.8) is 0 Å². The summed E-state index contributed by atoms with van der Waals surface area (Å²) in [6.45, 7) is 10.3. The summed E-state index contributed by atoms with van der Waals surface area (Å²) in [6, 6.07) is 7.62. The van der Waals surface area contributed by atoms with Crippen LogP contribution in [0.1, 0.15) is 40.5 Å². The highest BCUT2D eigenvalue weighted by Crippen LogP contribution is 2.19. The number of rotatable bonds is 3. The third kappa shape index (κ3) is 3.85. The minimum absolute atomic E-state index is 0.312. The Labute approximate surface area is 131 Å². The molecule has 0 bridgehead atoms. The average molecular weight is 294 g/mol. The van der Waals surface area contributed by atoms with Crippen molar-refractivity contribution >= 4 is 12.2 Å². The quantitative estimate of drug-likeness (QED) is 0.746. The monoisotopic (exact) mass is 294 g/mol. The van der Waals surface area contributed by atoms with Crippen LogP contribution in [0.3, 0.4) is 0 Å². The van der Waals surface area contributed by atoms with Crippen molar-refractivity contribution in [3.05, 3.63) is 79.9 Å². The molecule has 0 radical (unpaired) electrons. The van der Waals surface area contributed by atoms with Crippen LogP contribution in [-0.2, 0) is 0 Å². The third-order valence-electron chi connectivity index (χ3n) is 3.93. The maximum Gasteiger partial charge on any atom is 0.336 e. The first kappa shape index (κ1) is 16.0. The molecule has 0 saturated carbocycles. The number of hydrogen-bond donors (Lipinski definition) is 0. The van der Waals surface area contributed by atoms with E-state index in [0.29, 0.717) is 5.76 Å². The predicted molar refractivity (Wildman–Crippen MR) is 93.1 cm³/mol. The molecule has 0 aliphatic heterocycles. The van der Waals surface area contributed by atoms with Crippen LogP contribution in [-0.4, -0.2) is 0 Å². The standard InChI is InChI=1S/C20H22O2/c1-13(10-19-11-14(2)12-20(21)22-19)6-8-18-9-7-15(3)16(4)17(18)5/h6-12H,1-5H3/b8-6-,13-10+. The van der Waals surface area contributed by atoms with E-state index in [1.807, 2.05) is 32.1 Å². The van der Waals surface area contributed by atoms with Gasteiger partial charge in [0.1, 0.15) is 5.76 Å². The van der Waals surface area contributed by atoms with E-state index in [9.17, 15) is 4.79 Å². The van der Waals surface area contributed by atoms with E-state index in [1.54, 1.807) is 0 Å². The Bertz CT molecular complexity index is 805. The number of allylic oxidation sites excluding steroid dienone is 2. The fraction of sp³-hybridized carbons (Fsp3) is 0.250. The molecule has 2 rings (SSSR count). The van der Waals surface area contributed by atoms with Gasteiger partial charge < -0.3 is 4.42 Å². The second kappa shape index (κ2) is 6.61. The van der Waals surface area contributed by atoms with Crippen LogP contribution in [0.4, 0.5) is 0 Å². The molecule has 1 aromatic heterocycles. The summed E-state index contributed by atoms with van der Waals surface area (Å²) >= 11 is 0. The van der Waals surface area contributed by atoms with Crippen LogP contribution in [0.25, 0.3) is 12.2 Å². The molecule has 0 saturated heterocycles. The molecule has 2 heteroatoms. The van der Waals surface area contributed by atoms with Crippen molar-refractivity contribution in [2.75, 3.05) is 0 Å². The molecular formula is C20H22O2. The largest absolute Gasteiger partial charge is 0.423 e. The summed E-state index contributed by atoms with van der Waals surface area (Å²) < 4.78 is 5.17. The van der Waals surface area contributed by atoms with E-state index in [1.165, 1.54) is 28.3 Å². The minimum atomic E-state index is -0.312. The van der Waals surface area contributed by atoms with Crippen molar-refractivity contribution in [2.45, 2.75) is 34.6 Å². The Morgan fingerprint density at radius 3 is 2.45 bits per heavy atom. The summed E-state index contributed by atoms with van der Waals surface area (Å²) in [5.41, 5.74) is 6.77. The molecule has 0 fully saturated rings. The van der Waals surface area contributed by atoms with E-state index in [0.717, 1.165) is 11.1 Å². The average Bonchev–Trinajstić information content (AvgIpc) is 2.43. The smallest absolute Gasteiger partial charge is 0.336 e.